The molecule has 2 fully saturated rings. The van der Waals surface area contributed by atoms with Crippen molar-refractivity contribution in [2.24, 2.45) is 0 Å². The van der Waals surface area contributed by atoms with Crippen LogP contribution in [0.3, 0.4) is 0 Å². The summed E-state index contributed by atoms with van der Waals surface area (Å²) in [5.74, 6) is -2.24. The highest BCUT2D eigenvalue weighted by atomic mass is 16.5. The minimum atomic E-state index is -2.51. The predicted molar refractivity (Wildman–Crippen MR) is 119 cm³/mol. The third-order valence-corrected chi connectivity index (χ3v) is 5.69. The van der Waals surface area contributed by atoms with Gasteiger partial charge in [-0.15, -0.1) is 0 Å². The minimum Gasteiger partial charge on any atom is -0.489 e. The maximum atomic E-state index is 13.2. The average Bonchev–Trinajstić information content (AvgIpc) is 3.10. The largest absolute Gasteiger partial charge is 0.489 e. The van der Waals surface area contributed by atoms with Crippen LogP contribution in [0.5, 0.6) is 5.75 Å². The summed E-state index contributed by atoms with van der Waals surface area (Å²) in [7, 11) is 0. The van der Waals surface area contributed by atoms with E-state index in [1.54, 1.807) is 4.90 Å². The molecule has 5 rings (SSSR count). The number of hydrogen-bond donors (Lipinski definition) is 1. The monoisotopic (exact) mass is 455 g/mol. The van der Waals surface area contributed by atoms with E-state index in [0.717, 1.165) is 4.90 Å². The Morgan fingerprint density at radius 3 is 2.61 bits per heavy atom. The number of hydrogen-bond acceptors (Lipinski definition) is 6. The van der Waals surface area contributed by atoms with Gasteiger partial charge in [-0.1, -0.05) is 30.3 Å². The van der Waals surface area contributed by atoms with Crippen molar-refractivity contribution in [2.45, 2.75) is 38.4 Å². The fraction of sp³-hybridized carbons (Fsp3) is 0.400. The van der Waals surface area contributed by atoms with E-state index in [-0.39, 0.29) is 35.3 Å². The van der Waals surface area contributed by atoms with Gasteiger partial charge in [0, 0.05) is 39.9 Å². The summed E-state index contributed by atoms with van der Waals surface area (Å²) in [5, 5.41) is 2.14. The third kappa shape index (κ3) is 4.62. The molecule has 8 nitrogen and oxygen atoms in total. The molecule has 2 aromatic rings. The average molecular weight is 456 g/mol. The van der Waals surface area contributed by atoms with Gasteiger partial charge in [0.15, 0.2) is 0 Å². The van der Waals surface area contributed by atoms with Crippen LogP contribution in [0.2, 0.25) is 0 Å². The van der Waals surface area contributed by atoms with E-state index >= 15 is 0 Å². The van der Waals surface area contributed by atoms with Crippen molar-refractivity contribution in [3.63, 3.8) is 0 Å². The van der Waals surface area contributed by atoms with Crippen molar-refractivity contribution >= 4 is 17.7 Å². The second-order valence-electron chi connectivity index (χ2n) is 7.93. The molecule has 2 saturated heterocycles. The Balaban J connectivity index is 1.41. The molecule has 0 saturated carbocycles. The van der Waals surface area contributed by atoms with E-state index < -0.39 is 43.3 Å². The number of ether oxygens (including phenoxy) is 2. The lowest BCUT2D eigenvalue weighted by molar-refractivity contribution is -0.136. The normalized spacial score (nSPS) is 26.2. The van der Waals surface area contributed by atoms with E-state index in [2.05, 4.69) is 5.32 Å². The predicted octanol–water partition coefficient (Wildman–Crippen LogP) is 1.86. The number of carbonyl (C=O) groups is 3. The van der Waals surface area contributed by atoms with E-state index in [1.807, 2.05) is 0 Å². The summed E-state index contributed by atoms with van der Waals surface area (Å²) in [6, 6.07) is 8.73. The van der Waals surface area contributed by atoms with Crippen LogP contribution in [-0.4, -0.2) is 59.9 Å². The van der Waals surface area contributed by atoms with Gasteiger partial charge in [-0.25, -0.2) is 0 Å². The molecular formula is C25H27N3O5. The van der Waals surface area contributed by atoms with Gasteiger partial charge in [-0.05, 0) is 29.7 Å². The molecule has 3 heterocycles. The lowest BCUT2D eigenvalue weighted by atomic mass is 10.0. The Morgan fingerprint density at radius 1 is 1.09 bits per heavy atom. The number of amides is 3. The smallest absolute Gasteiger partial charge is 0.255 e. The standard InChI is InChI=1S/C25H27N3O5/c29-23-9-8-21(24(30)26-23)28-15-20-19(25(28)31)2-1-3-22(20)33-16-18-6-4-17(5-7-18)14-27-10-12-32-13-11-27/h1-7,21H,8-16H2,(H,26,29,30)/t21-/m0/s1/i14D2,15D2,16D2. The van der Waals surface area contributed by atoms with Crippen LogP contribution in [0.25, 0.3) is 0 Å². The first kappa shape index (κ1) is 15.6. The topological polar surface area (TPSA) is 88.2 Å². The first-order valence-corrected chi connectivity index (χ1v) is 10.8. The number of carbonyl (C=O) groups excluding carboxylic acids is 3. The fourth-order valence-corrected chi connectivity index (χ4v) is 3.94. The lowest BCUT2D eigenvalue weighted by Crippen LogP contribution is -2.52. The van der Waals surface area contributed by atoms with Gasteiger partial charge in [0.1, 0.15) is 18.4 Å². The van der Waals surface area contributed by atoms with Crippen molar-refractivity contribution in [1.29, 1.82) is 0 Å². The molecule has 3 aliphatic rings. The number of nitrogens with zero attached hydrogens (tertiary/aromatic N) is 2. The highest BCUT2D eigenvalue weighted by Crippen LogP contribution is 2.34. The van der Waals surface area contributed by atoms with Crippen LogP contribution in [0.15, 0.2) is 42.5 Å². The van der Waals surface area contributed by atoms with Gasteiger partial charge >= 0.3 is 0 Å². The Labute approximate surface area is 200 Å². The quantitative estimate of drug-likeness (QED) is 0.669. The number of morpholine rings is 1. The summed E-state index contributed by atoms with van der Waals surface area (Å²) in [6.45, 7) is -5.08. The first-order valence-electron chi connectivity index (χ1n) is 13.8. The van der Waals surface area contributed by atoms with E-state index in [0.29, 0.717) is 31.9 Å². The van der Waals surface area contributed by atoms with Crippen molar-refractivity contribution in [3.8, 4) is 5.75 Å². The summed E-state index contributed by atoms with van der Waals surface area (Å²) in [4.78, 5) is 39.7. The molecule has 33 heavy (non-hydrogen) atoms. The van der Waals surface area contributed by atoms with Gasteiger partial charge < -0.3 is 14.4 Å². The molecule has 2 aromatic carbocycles. The SMILES string of the molecule is [2H]C([2H])(Oc1cccc2c1C([2H])([2H])N([C@H]1CCC(=O)NC1=O)C2=O)c1ccc(C([2H])([2H])N2CCOCC2)cc1. The zero-order valence-corrected chi connectivity index (χ0v) is 17.8. The summed E-state index contributed by atoms with van der Waals surface area (Å²) in [6.07, 6.45) is -0.0802. The summed E-state index contributed by atoms with van der Waals surface area (Å²) < 4.78 is 62.6. The Kier molecular flexibility index (Phi) is 4.40. The van der Waals surface area contributed by atoms with Crippen LogP contribution >= 0.6 is 0 Å². The number of nitrogens with one attached hydrogen (secondary N) is 1. The van der Waals surface area contributed by atoms with Crippen molar-refractivity contribution in [2.75, 3.05) is 26.3 Å². The number of imide groups is 1. The van der Waals surface area contributed by atoms with Gasteiger partial charge in [0.2, 0.25) is 11.8 Å². The molecule has 0 aliphatic carbocycles. The van der Waals surface area contributed by atoms with Crippen molar-refractivity contribution < 1.29 is 32.1 Å². The maximum absolute atomic E-state index is 13.2. The highest BCUT2D eigenvalue weighted by Gasteiger charge is 2.40. The molecule has 3 aliphatic heterocycles. The van der Waals surface area contributed by atoms with Crippen LogP contribution in [0.4, 0.5) is 0 Å². The Bertz CT molecular complexity index is 1310. The summed E-state index contributed by atoms with van der Waals surface area (Å²) in [5.41, 5.74) is 0.135. The maximum Gasteiger partial charge on any atom is 0.255 e. The van der Waals surface area contributed by atoms with Crippen LogP contribution in [-0.2, 0) is 33.9 Å². The van der Waals surface area contributed by atoms with Crippen LogP contribution < -0.4 is 10.1 Å². The molecule has 1 atom stereocenters. The fourth-order valence-electron chi connectivity index (χ4n) is 3.94. The molecule has 0 radical (unpaired) electrons. The number of piperidine rings is 1. The molecule has 3 amide bonds. The molecule has 0 bridgehead atoms. The molecule has 1 N–H and O–H groups in total. The Hall–Kier alpha value is -3.23. The Morgan fingerprint density at radius 2 is 1.85 bits per heavy atom. The summed E-state index contributed by atoms with van der Waals surface area (Å²) >= 11 is 0. The molecule has 0 spiro atoms. The minimum absolute atomic E-state index is 0.0365. The zero-order chi connectivity index (χ0) is 28.2. The molecule has 0 unspecified atom stereocenters. The van der Waals surface area contributed by atoms with Gasteiger partial charge in [0.25, 0.3) is 5.91 Å². The second-order valence-corrected chi connectivity index (χ2v) is 7.93. The van der Waals surface area contributed by atoms with E-state index in [4.69, 9.17) is 17.7 Å². The van der Waals surface area contributed by atoms with E-state index in [1.165, 1.54) is 42.5 Å². The number of fused-ring (bicyclic) bond motifs is 1. The highest BCUT2D eigenvalue weighted by molar-refractivity contribution is 6.05. The van der Waals surface area contributed by atoms with Crippen molar-refractivity contribution in [3.05, 3.63) is 64.7 Å². The molecule has 172 valence electrons. The first-order chi connectivity index (χ1) is 18.3. The molecule has 0 aromatic heterocycles. The van der Waals surface area contributed by atoms with Crippen molar-refractivity contribution in [1.82, 2.24) is 15.1 Å². The van der Waals surface area contributed by atoms with Crippen LogP contribution in [0, 0.1) is 0 Å². The van der Waals surface area contributed by atoms with Gasteiger partial charge in [-0.3, -0.25) is 24.6 Å². The third-order valence-electron chi connectivity index (χ3n) is 5.69. The number of benzene rings is 2. The van der Waals surface area contributed by atoms with Gasteiger partial charge in [-0.2, -0.15) is 0 Å². The van der Waals surface area contributed by atoms with Crippen LogP contribution in [0.1, 0.15) is 48.1 Å². The lowest BCUT2D eigenvalue weighted by Gasteiger charge is -2.29. The van der Waals surface area contributed by atoms with Gasteiger partial charge in [0.05, 0.1) is 25.2 Å². The van der Waals surface area contributed by atoms with E-state index in [9.17, 15) is 14.4 Å². The molecular weight excluding hydrogens is 422 g/mol. The molecule has 8 heteroatoms. The zero-order valence-electron chi connectivity index (χ0n) is 23.8. The number of rotatable bonds is 6. The second kappa shape index (κ2) is 9.33.